The van der Waals surface area contributed by atoms with Crippen LogP contribution in [0.2, 0.25) is 0 Å². The van der Waals surface area contributed by atoms with Crippen molar-refractivity contribution in [2.24, 2.45) is 0 Å². The number of aliphatic carboxylic acids is 1. The molecule has 0 aliphatic carbocycles. The van der Waals surface area contributed by atoms with Gasteiger partial charge in [-0.05, 0) is 24.1 Å². The summed E-state index contributed by atoms with van der Waals surface area (Å²) in [6.45, 7) is 4.73. The fourth-order valence-corrected chi connectivity index (χ4v) is 3.76. The summed E-state index contributed by atoms with van der Waals surface area (Å²) in [4.78, 5) is 34.5. The Kier molecular flexibility index (Phi) is 16.2. The Bertz CT molecular complexity index is 715. The molecule has 1 aromatic rings. The molecule has 0 saturated heterocycles. The normalized spacial score (nSPS) is 11.8. The molecule has 0 heterocycles. The van der Waals surface area contributed by atoms with Crippen LogP contribution in [0.1, 0.15) is 31.7 Å². The molecule has 0 radical (unpaired) electrons. The van der Waals surface area contributed by atoms with Crippen LogP contribution < -0.4 is 5.32 Å². The maximum atomic E-state index is 12.4. The Balaban J connectivity index is 2.35. The lowest BCUT2D eigenvalue weighted by atomic mass is 10.1. The van der Waals surface area contributed by atoms with E-state index in [2.05, 4.69) is 12.2 Å². The number of hydrogen-bond donors (Lipinski definition) is 3. The monoisotopic (exact) mass is 485 g/mol. The van der Waals surface area contributed by atoms with Crippen LogP contribution in [0.15, 0.2) is 24.3 Å². The minimum absolute atomic E-state index is 0.00185. The maximum absolute atomic E-state index is 12.4. The Labute approximate surface area is 199 Å². The Hall–Kier alpha value is -1.98. The summed E-state index contributed by atoms with van der Waals surface area (Å²) in [5.41, 5.74) is 1.06. The molecule has 1 unspecified atom stereocenters. The van der Waals surface area contributed by atoms with E-state index in [9.17, 15) is 14.4 Å². The number of nitrogens with one attached hydrogen (secondary N) is 1. The molecule has 0 spiro atoms. The first-order valence-electron chi connectivity index (χ1n) is 11.1. The number of rotatable bonds is 20. The molecule has 1 atom stereocenters. The van der Waals surface area contributed by atoms with Gasteiger partial charge in [0.05, 0.1) is 52.0 Å². The zero-order valence-corrected chi connectivity index (χ0v) is 19.9. The highest BCUT2D eigenvalue weighted by molar-refractivity contribution is 8.00. The number of unbranched alkanes of at least 4 members (excludes halogenated alkanes) is 1. The van der Waals surface area contributed by atoms with E-state index in [1.165, 1.54) is 11.8 Å². The highest BCUT2D eigenvalue weighted by Gasteiger charge is 2.14. The predicted molar refractivity (Wildman–Crippen MR) is 127 cm³/mol. The van der Waals surface area contributed by atoms with Gasteiger partial charge < -0.3 is 29.7 Å². The van der Waals surface area contributed by atoms with E-state index in [4.69, 9.17) is 24.4 Å². The Morgan fingerprint density at radius 1 is 1.06 bits per heavy atom. The zero-order valence-electron chi connectivity index (χ0n) is 19.1. The molecule has 1 rings (SSSR count). The molecule has 3 N–H and O–H groups in total. The lowest BCUT2D eigenvalue weighted by molar-refractivity contribution is -0.148. The van der Waals surface area contributed by atoms with Crippen LogP contribution in [0, 0.1) is 0 Å². The molecule has 0 fully saturated rings. The third kappa shape index (κ3) is 14.7. The number of hydrogen-bond acceptors (Lipinski definition) is 8. The second-order valence-electron chi connectivity index (χ2n) is 7.25. The molecular formula is C23H35NO8S. The van der Waals surface area contributed by atoms with Crippen molar-refractivity contribution in [2.45, 2.75) is 37.9 Å². The first kappa shape index (κ1) is 29.1. The highest BCUT2D eigenvalue weighted by atomic mass is 32.2. The predicted octanol–water partition coefficient (Wildman–Crippen LogP) is 2.16. The van der Waals surface area contributed by atoms with Gasteiger partial charge >= 0.3 is 5.97 Å². The quantitative estimate of drug-likeness (QED) is 0.188. The average molecular weight is 486 g/mol. The lowest BCUT2D eigenvalue weighted by Crippen LogP contribution is -2.20. The number of ether oxygens (including phenoxy) is 3. The molecule has 186 valence electrons. The van der Waals surface area contributed by atoms with E-state index >= 15 is 0 Å². The smallest absolute Gasteiger partial charge is 0.372 e. The first-order valence-corrected chi connectivity index (χ1v) is 12.1. The summed E-state index contributed by atoms with van der Waals surface area (Å²) in [5, 5.41) is 20.3. The summed E-state index contributed by atoms with van der Waals surface area (Å²) < 4.78 is 16.2. The number of ketones is 1. The summed E-state index contributed by atoms with van der Waals surface area (Å²) in [7, 11) is 0. The molecule has 1 aromatic carbocycles. The van der Waals surface area contributed by atoms with E-state index < -0.39 is 11.8 Å². The fraction of sp³-hybridized carbons (Fsp3) is 0.609. The van der Waals surface area contributed by atoms with Gasteiger partial charge in [-0.1, -0.05) is 31.9 Å². The second-order valence-corrected chi connectivity index (χ2v) is 8.54. The van der Waals surface area contributed by atoms with Crippen LogP contribution >= 0.6 is 11.8 Å². The molecule has 0 bridgehead atoms. The number of amides is 1. The van der Waals surface area contributed by atoms with Crippen molar-refractivity contribution in [1.29, 1.82) is 0 Å². The van der Waals surface area contributed by atoms with Crippen LogP contribution in [0.25, 0.3) is 0 Å². The Morgan fingerprint density at radius 2 is 1.76 bits per heavy atom. The summed E-state index contributed by atoms with van der Waals surface area (Å²) in [5.74, 6) is -2.28. The first-order chi connectivity index (χ1) is 16.0. The number of carboxylic acids is 1. The molecule has 10 heteroatoms. The topological polar surface area (TPSA) is 131 Å². The number of carbonyl (C=O) groups is 3. The van der Waals surface area contributed by atoms with Crippen LogP contribution in [-0.2, 0) is 35.0 Å². The summed E-state index contributed by atoms with van der Waals surface area (Å²) in [6, 6.07) is 6.63. The van der Waals surface area contributed by atoms with Gasteiger partial charge in [-0.15, -0.1) is 11.8 Å². The van der Waals surface area contributed by atoms with Crippen LogP contribution in [-0.4, -0.2) is 85.1 Å². The van der Waals surface area contributed by atoms with Gasteiger partial charge in [0, 0.05) is 17.4 Å². The largest absolute Gasteiger partial charge is 0.475 e. The zero-order chi connectivity index (χ0) is 24.3. The number of thioether (sulfide) groups is 1. The molecule has 9 nitrogen and oxygen atoms in total. The minimum atomic E-state index is -1.47. The number of Topliss-reactive ketones (excluding diaryl/α,β-unsaturated/α-hetero) is 1. The summed E-state index contributed by atoms with van der Waals surface area (Å²) in [6.07, 6.45) is 2.82. The van der Waals surface area contributed by atoms with Crippen molar-refractivity contribution in [3.8, 4) is 0 Å². The number of aliphatic hydroxyl groups is 1. The third-order valence-corrected chi connectivity index (χ3v) is 5.70. The molecule has 0 aliphatic rings. The summed E-state index contributed by atoms with van der Waals surface area (Å²) >= 11 is 1.53. The molecule has 1 amide bonds. The number of anilines is 1. The standard InChI is InChI=1S/C23H35NO8S/c1-2-3-7-20(16-32-13-12-31-11-10-30-9-8-25)33-17-22(27)24-19-6-4-5-18(14-19)15-21(26)23(28)29/h4-6,14,20,25H,2-3,7-13,15-17H2,1H3,(H,24,27)(H,28,29). The van der Waals surface area contributed by atoms with Crippen molar-refractivity contribution in [2.75, 3.05) is 57.3 Å². The number of benzene rings is 1. The van der Waals surface area contributed by atoms with Gasteiger partial charge in [0.1, 0.15) is 0 Å². The third-order valence-electron chi connectivity index (χ3n) is 4.43. The van der Waals surface area contributed by atoms with Crippen molar-refractivity contribution in [3.05, 3.63) is 29.8 Å². The molecule has 0 aromatic heterocycles. The minimum Gasteiger partial charge on any atom is -0.475 e. The Morgan fingerprint density at radius 3 is 2.42 bits per heavy atom. The maximum Gasteiger partial charge on any atom is 0.372 e. The number of carboxylic acid groups (broad SMARTS) is 1. The highest BCUT2D eigenvalue weighted by Crippen LogP contribution is 2.19. The van der Waals surface area contributed by atoms with Crippen molar-refractivity contribution in [1.82, 2.24) is 0 Å². The van der Waals surface area contributed by atoms with Crippen LogP contribution in [0.4, 0.5) is 5.69 Å². The van der Waals surface area contributed by atoms with Crippen molar-refractivity contribution >= 4 is 35.1 Å². The molecule has 0 saturated carbocycles. The number of aliphatic hydroxyl groups excluding tert-OH is 1. The van der Waals surface area contributed by atoms with Gasteiger partial charge in [0.2, 0.25) is 11.7 Å². The van der Waals surface area contributed by atoms with Crippen LogP contribution in [0.3, 0.4) is 0 Å². The molecule has 0 aliphatic heterocycles. The lowest BCUT2D eigenvalue weighted by Gasteiger charge is -2.17. The van der Waals surface area contributed by atoms with E-state index in [0.717, 1.165) is 19.3 Å². The SMILES string of the molecule is CCCCC(COCCOCCOCCO)SCC(=O)Nc1cccc(CC(=O)C(=O)O)c1. The molecular weight excluding hydrogens is 450 g/mol. The van der Waals surface area contributed by atoms with Gasteiger partial charge in [-0.3, -0.25) is 9.59 Å². The van der Waals surface area contributed by atoms with E-state index in [0.29, 0.717) is 50.9 Å². The molecule has 33 heavy (non-hydrogen) atoms. The van der Waals surface area contributed by atoms with E-state index in [1.807, 2.05) is 0 Å². The van der Waals surface area contributed by atoms with Gasteiger partial charge in [-0.2, -0.15) is 0 Å². The second kappa shape index (κ2) is 18.4. The fourth-order valence-electron chi connectivity index (χ4n) is 2.78. The number of carbonyl (C=O) groups excluding carboxylic acids is 2. The average Bonchev–Trinajstić information content (AvgIpc) is 2.79. The van der Waals surface area contributed by atoms with Gasteiger partial charge in [-0.25, -0.2) is 4.79 Å². The van der Waals surface area contributed by atoms with E-state index in [-0.39, 0.29) is 29.9 Å². The van der Waals surface area contributed by atoms with Crippen molar-refractivity contribution < 1.29 is 38.8 Å². The van der Waals surface area contributed by atoms with Crippen molar-refractivity contribution in [3.63, 3.8) is 0 Å². The van der Waals surface area contributed by atoms with E-state index in [1.54, 1.807) is 24.3 Å². The van der Waals surface area contributed by atoms with Gasteiger partial charge in [0.15, 0.2) is 0 Å². The van der Waals surface area contributed by atoms with Crippen LogP contribution in [0.5, 0.6) is 0 Å². The van der Waals surface area contributed by atoms with Gasteiger partial charge in [0.25, 0.3) is 0 Å².